The first-order valence-electron chi connectivity index (χ1n) is 10.9. The maximum atomic E-state index is 13.3. The predicted octanol–water partition coefficient (Wildman–Crippen LogP) is 4.21. The van der Waals surface area contributed by atoms with Gasteiger partial charge in [0.2, 0.25) is 5.88 Å². The highest BCUT2D eigenvalue weighted by atomic mass is 19.4. The molecule has 1 aliphatic heterocycles. The van der Waals surface area contributed by atoms with Crippen LogP contribution in [0.3, 0.4) is 0 Å². The minimum atomic E-state index is -4.39. The quantitative estimate of drug-likeness (QED) is 0.656. The zero-order valence-electron chi connectivity index (χ0n) is 17.4. The first kappa shape index (κ1) is 20.9. The molecule has 6 nitrogen and oxygen atoms in total. The highest BCUT2D eigenvalue weighted by molar-refractivity contribution is 5.48. The van der Waals surface area contributed by atoms with Crippen molar-refractivity contribution in [1.82, 2.24) is 19.7 Å². The SMILES string of the molecule is NC1Cc2cc(C(F)(F)F)ccc2-n2c(nnc2C2CCC(Oc3ccccn3)CC2)C1. The molecule has 2 aromatic heterocycles. The molecule has 0 saturated heterocycles. The summed E-state index contributed by atoms with van der Waals surface area (Å²) < 4.78 is 47.8. The number of aromatic nitrogens is 4. The summed E-state index contributed by atoms with van der Waals surface area (Å²) in [5.41, 5.74) is 6.84. The van der Waals surface area contributed by atoms with E-state index in [1.807, 2.05) is 22.8 Å². The molecule has 3 aromatic rings. The van der Waals surface area contributed by atoms with E-state index >= 15 is 0 Å². The molecule has 9 heteroatoms. The Morgan fingerprint density at radius 1 is 1.00 bits per heavy atom. The van der Waals surface area contributed by atoms with Crippen LogP contribution >= 0.6 is 0 Å². The first-order valence-corrected chi connectivity index (χ1v) is 10.9. The molecule has 1 fully saturated rings. The molecule has 1 unspecified atom stereocenters. The summed E-state index contributed by atoms with van der Waals surface area (Å²) in [7, 11) is 0. The minimum absolute atomic E-state index is 0.0859. The molecular weight excluding hydrogens is 419 g/mol. The van der Waals surface area contributed by atoms with Crippen molar-refractivity contribution in [3.05, 3.63) is 65.4 Å². The normalized spacial score (nSPS) is 23.2. The molecule has 2 aliphatic rings. The fraction of sp³-hybridized carbons (Fsp3) is 0.435. The van der Waals surface area contributed by atoms with Gasteiger partial charge in [-0.3, -0.25) is 4.57 Å². The number of nitrogens with zero attached hydrogens (tertiary/aromatic N) is 4. The van der Waals surface area contributed by atoms with Crippen molar-refractivity contribution in [1.29, 1.82) is 0 Å². The monoisotopic (exact) mass is 443 g/mol. The molecule has 168 valence electrons. The number of nitrogens with two attached hydrogens (primary N) is 1. The maximum Gasteiger partial charge on any atom is 0.416 e. The van der Waals surface area contributed by atoms with E-state index in [2.05, 4.69) is 15.2 Å². The van der Waals surface area contributed by atoms with E-state index in [1.54, 1.807) is 6.20 Å². The Balaban J connectivity index is 1.41. The third kappa shape index (κ3) is 4.09. The lowest BCUT2D eigenvalue weighted by atomic mass is 9.86. The molecule has 32 heavy (non-hydrogen) atoms. The van der Waals surface area contributed by atoms with Gasteiger partial charge in [-0.15, -0.1) is 10.2 Å². The van der Waals surface area contributed by atoms with Crippen LogP contribution in [0.5, 0.6) is 5.88 Å². The molecule has 0 amide bonds. The molecule has 0 bridgehead atoms. The molecule has 3 heterocycles. The molecule has 1 aliphatic carbocycles. The average Bonchev–Trinajstić information content (AvgIpc) is 3.11. The van der Waals surface area contributed by atoms with E-state index in [0.29, 0.717) is 35.8 Å². The van der Waals surface area contributed by atoms with Gasteiger partial charge in [0.05, 0.1) is 11.3 Å². The van der Waals surface area contributed by atoms with Gasteiger partial charge in [-0.25, -0.2) is 4.98 Å². The second-order valence-electron chi connectivity index (χ2n) is 8.58. The third-order valence-electron chi connectivity index (χ3n) is 6.29. The molecule has 1 saturated carbocycles. The van der Waals surface area contributed by atoms with Gasteiger partial charge in [0, 0.05) is 30.6 Å². The summed E-state index contributed by atoms with van der Waals surface area (Å²) in [5.74, 6) is 2.28. The number of fused-ring (bicyclic) bond motifs is 3. The number of halogens is 3. The largest absolute Gasteiger partial charge is 0.474 e. The Hall–Kier alpha value is -2.94. The Bertz CT molecular complexity index is 1090. The average molecular weight is 443 g/mol. The van der Waals surface area contributed by atoms with Crippen molar-refractivity contribution < 1.29 is 17.9 Å². The molecule has 0 spiro atoms. The van der Waals surface area contributed by atoms with Crippen LogP contribution in [0, 0.1) is 0 Å². The second-order valence-corrected chi connectivity index (χ2v) is 8.58. The van der Waals surface area contributed by atoms with Gasteiger partial charge in [0.25, 0.3) is 0 Å². The molecular formula is C23H24F3N5O. The van der Waals surface area contributed by atoms with Crippen LogP contribution in [0.2, 0.25) is 0 Å². The van der Waals surface area contributed by atoms with Crippen LogP contribution in [0.1, 0.15) is 54.4 Å². The van der Waals surface area contributed by atoms with E-state index in [9.17, 15) is 13.2 Å². The lowest BCUT2D eigenvalue weighted by Crippen LogP contribution is -2.25. The van der Waals surface area contributed by atoms with Gasteiger partial charge in [0.1, 0.15) is 17.8 Å². The molecule has 0 radical (unpaired) electrons. The van der Waals surface area contributed by atoms with Gasteiger partial charge < -0.3 is 10.5 Å². The van der Waals surface area contributed by atoms with Gasteiger partial charge in [-0.2, -0.15) is 13.2 Å². The topological polar surface area (TPSA) is 78.9 Å². The number of hydrogen-bond donors (Lipinski definition) is 1. The van der Waals surface area contributed by atoms with Crippen molar-refractivity contribution in [2.24, 2.45) is 5.73 Å². The number of ether oxygens (including phenoxy) is 1. The van der Waals surface area contributed by atoms with Gasteiger partial charge in [-0.1, -0.05) is 6.07 Å². The Morgan fingerprint density at radius 2 is 1.81 bits per heavy atom. The molecule has 1 aromatic carbocycles. The summed E-state index contributed by atoms with van der Waals surface area (Å²) in [4.78, 5) is 4.23. The summed E-state index contributed by atoms with van der Waals surface area (Å²) in [6.07, 6.45) is 1.66. The Labute approximate surface area is 183 Å². The van der Waals surface area contributed by atoms with Crippen LogP contribution in [-0.4, -0.2) is 31.9 Å². The second kappa shape index (κ2) is 8.20. The fourth-order valence-electron chi connectivity index (χ4n) is 4.75. The smallest absolute Gasteiger partial charge is 0.416 e. The van der Waals surface area contributed by atoms with Gasteiger partial charge >= 0.3 is 6.18 Å². The molecule has 2 N–H and O–H groups in total. The van der Waals surface area contributed by atoms with Gasteiger partial charge in [0.15, 0.2) is 0 Å². The summed E-state index contributed by atoms with van der Waals surface area (Å²) in [6.45, 7) is 0. The first-order chi connectivity index (χ1) is 15.4. The number of rotatable bonds is 3. The summed E-state index contributed by atoms with van der Waals surface area (Å²) in [5, 5.41) is 8.83. The van der Waals surface area contributed by atoms with Crippen LogP contribution in [0.25, 0.3) is 5.69 Å². The third-order valence-corrected chi connectivity index (χ3v) is 6.29. The Kier molecular flexibility index (Phi) is 5.36. The molecule has 1 atom stereocenters. The van der Waals surface area contributed by atoms with E-state index < -0.39 is 11.7 Å². The summed E-state index contributed by atoms with van der Waals surface area (Å²) >= 11 is 0. The zero-order chi connectivity index (χ0) is 22.3. The highest BCUT2D eigenvalue weighted by Gasteiger charge is 2.34. The lowest BCUT2D eigenvalue weighted by molar-refractivity contribution is -0.137. The van der Waals surface area contributed by atoms with Crippen LogP contribution in [0.15, 0.2) is 42.6 Å². The number of benzene rings is 1. The van der Waals surface area contributed by atoms with Crippen molar-refractivity contribution in [3.63, 3.8) is 0 Å². The summed E-state index contributed by atoms with van der Waals surface area (Å²) in [6, 6.07) is 9.15. The van der Waals surface area contributed by atoms with Crippen LogP contribution in [0.4, 0.5) is 13.2 Å². The standard InChI is InChI=1S/C23H24F3N5O/c24-23(25,26)16-6-9-19-15(11-16)12-17(27)13-20-29-30-22(31(19)20)14-4-7-18(8-5-14)32-21-3-1-2-10-28-21/h1-3,6,9-11,14,17-18H,4-5,7-8,12-13,27H2. The molecule has 5 rings (SSSR count). The van der Waals surface area contributed by atoms with E-state index in [1.165, 1.54) is 12.1 Å². The maximum absolute atomic E-state index is 13.3. The van der Waals surface area contributed by atoms with Crippen molar-refractivity contribution >= 4 is 0 Å². The Morgan fingerprint density at radius 3 is 2.53 bits per heavy atom. The van der Waals surface area contributed by atoms with Gasteiger partial charge in [-0.05, 0) is 61.9 Å². The van der Waals surface area contributed by atoms with E-state index in [0.717, 1.165) is 37.6 Å². The zero-order valence-corrected chi connectivity index (χ0v) is 17.4. The number of pyridine rings is 1. The minimum Gasteiger partial charge on any atom is -0.474 e. The van der Waals surface area contributed by atoms with Crippen molar-refractivity contribution in [3.8, 4) is 11.6 Å². The fourth-order valence-corrected chi connectivity index (χ4v) is 4.75. The van der Waals surface area contributed by atoms with Crippen molar-refractivity contribution in [2.75, 3.05) is 0 Å². The predicted molar refractivity (Wildman–Crippen MR) is 112 cm³/mol. The van der Waals surface area contributed by atoms with Crippen LogP contribution < -0.4 is 10.5 Å². The van der Waals surface area contributed by atoms with E-state index in [4.69, 9.17) is 10.5 Å². The number of alkyl halides is 3. The number of hydrogen-bond acceptors (Lipinski definition) is 5. The van der Waals surface area contributed by atoms with Crippen molar-refractivity contribution in [2.45, 2.75) is 62.8 Å². The van der Waals surface area contributed by atoms with Crippen LogP contribution in [-0.2, 0) is 19.0 Å². The lowest BCUT2D eigenvalue weighted by Gasteiger charge is -2.28. The highest BCUT2D eigenvalue weighted by Crippen LogP contribution is 2.38. The van der Waals surface area contributed by atoms with E-state index in [-0.39, 0.29) is 18.1 Å².